The average molecular weight is 248 g/mol. The number of carbonyl (C=O) groups excluding carboxylic acids is 1. The van der Waals surface area contributed by atoms with Crippen LogP contribution in [0.1, 0.15) is 34.6 Å². The Balaban J connectivity index is 2.24. The fourth-order valence-corrected chi connectivity index (χ4v) is 1.97. The van der Waals surface area contributed by atoms with Crippen molar-refractivity contribution in [1.82, 2.24) is 9.88 Å². The van der Waals surface area contributed by atoms with Gasteiger partial charge in [0.1, 0.15) is 6.54 Å². The lowest BCUT2D eigenvalue weighted by Gasteiger charge is -2.21. The number of carboxylic acid groups (broad SMARTS) is 1. The van der Waals surface area contributed by atoms with Crippen LogP contribution in [0.25, 0.3) is 0 Å². The summed E-state index contributed by atoms with van der Waals surface area (Å²) >= 11 is 0. The number of aliphatic carboxylic acids is 1. The molecule has 5 nitrogen and oxygen atoms in total. The zero-order valence-electron chi connectivity index (χ0n) is 10.5. The van der Waals surface area contributed by atoms with Gasteiger partial charge in [0.05, 0.1) is 11.3 Å². The SMILES string of the molecule is Cc1ccc(C(=O)N(CC(=O)O)C2CC2)c(C)n1. The summed E-state index contributed by atoms with van der Waals surface area (Å²) in [5.74, 6) is -1.21. The number of nitrogens with zero attached hydrogens (tertiary/aromatic N) is 2. The monoisotopic (exact) mass is 248 g/mol. The molecular weight excluding hydrogens is 232 g/mol. The largest absolute Gasteiger partial charge is 0.480 e. The number of hydrogen-bond acceptors (Lipinski definition) is 3. The van der Waals surface area contributed by atoms with E-state index in [2.05, 4.69) is 4.98 Å². The van der Waals surface area contributed by atoms with Crippen LogP contribution in [-0.2, 0) is 4.79 Å². The lowest BCUT2D eigenvalue weighted by Crippen LogP contribution is -2.37. The molecule has 1 amide bonds. The second-order valence-electron chi connectivity index (χ2n) is 4.64. The van der Waals surface area contributed by atoms with Gasteiger partial charge in [0.15, 0.2) is 0 Å². The van der Waals surface area contributed by atoms with Crippen LogP contribution >= 0.6 is 0 Å². The lowest BCUT2D eigenvalue weighted by molar-refractivity contribution is -0.137. The molecule has 18 heavy (non-hydrogen) atoms. The standard InChI is InChI=1S/C13H16N2O3/c1-8-3-6-11(9(2)14-8)13(18)15(7-12(16)17)10-4-5-10/h3,6,10H,4-5,7H2,1-2H3,(H,16,17). The number of hydrogen-bond donors (Lipinski definition) is 1. The van der Waals surface area contributed by atoms with Crippen LogP contribution in [0.2, 0.25) is 0 Å². The molecule has 0 radical (unpaired) electrons. The molecule has 1 fully saturated rings. The second-order valence-corrected chi connectivity index (χ2v) is 4.64. The number of carbonyl (C=O) groups is 2. The summed E-state index contributed by atoms with van der Waals surface area (Å²) < 4.78 is 0. The molecule has 0 unspecified atom stereocenters. The van der Waals surface area contributed by atoms with Crippen molar-refractivity contribution in [1.29, 1.82) is 0 Å². The van der Waals surface area contributed by atoms with Gasteiger partial charge in [0.2, 0.25) is 0 Å². The molecule has 1 aliphatic rings. The Labute approximate surface area is 105 Å². The highest BCUT2D eigenvalue weighted by molar-refractivity contribution is 5.97. The minimum Gasteiger partial charge on any atom is -0.480 e. The summed E-state index contributed by atoms with van der Waals surface area (Å²) in [6.07, 6.45) is 1.77. The molecule has 0 saturated heterocycles. The number of pyridine rings is 1. The molecular formula is C13H16N2O3. The molecule has 1 aromatic rings. The third kappa shape index (κ3) is 2.67. The van der Waals surface area contributed by atoms with Gasteiger partial charge in [-0.15, -0.1) is 0 Å². The van der Waals surface area contributed by atoms with E-state index in [0.29, 0.717) is 11.3 Å². The van der Waals surface area contributed by atoms with E-state index in [0.717, 1.165) is 18.5 Å². The van der Waals surface area contributed by atoms with E-state index in [1.54, 1.807) is 19.1 Å². The van der Waals surface area contributed by atoms with Crippen molar-refractivity contribution in [2.45, 2.75) is 32.7 Å². The number of aryl methyl sites for hydroxylation is 2. The van der Waals surface area contributed by atoms with Crippen molar-refractivity contribution in [3.63, 3.8) is 0 Å². The number of aromatic nitrogens is 1. The van der Waals surface area contributed by atoms with Crippen LogP contribution < -0.4 is 0 Å². The Morgan fingerprint density at radius 1 is 1.39 bits per heavy atom. The zero-order valence-corrected chi connectivity index (χ0v) is 10.5. The van der Waals surface area contributed by atoms with E-state index in [4.69, 9.17) is 5.11 Å². The van der Waals surface area contributed by atoms with Gasteiger partial charge in [-0.1, -0.05) is 0 Å². The Morgan fingerprint density at radius 2 is 2.06 bits per heavy atom. The van der Waals surface area contributed by atoms with Crippen molar-refractivity contribution >= 4 is 11.9 Å². The van der Waals surface area contributed by atoms with Gasteiger partial charge >= 0.3 is 5.97 Å². The first-order valence-corrected chi connectivity index (χ1v) is 5.96. The fourth-order valence-electron chi connectivity index (χ4n) is 1.97. The normalized spacial score (nSPS) is 14.3. The van der Waals surface area contributed by atoms with E-state index in [-0.39, 0.29) is 18.5 Å². The van der Waals surface area contributed by atoms with Crippen LogP contribution in [0.5, 0.6) is 0 Å². The predicted molar refractivity (Wildman–Crippen MR) is 65.4 cm³/mol. The maximum absolute atomic E-state index is 12.3. The van der Waals surface area contributed by atoms with E-state index in [1.807, 2.05) is 6.92 Å². The molecule has 0 atom stereocenters. The van der Waals surface area contributed by atoms with Gasteiger partial charge < -0.3 is 10.0 Å². The van der Waals surface area contributed by atoms with Crippen LogP contribution in [0.3, 0.4) is 0 Å². The van der Waals surface area contributed by atoms with E-state index < -0.39 is 5.97 Å². The smallest absolute Gasteiger partial charge is 0.323 e. The Morgan fingerprint density at radius 3 is 2.56 bits per heavy atom. The first-order chi connectivity index (χ1) is 8.49. The molecule has 2 rings (SSSR count). The van der Waals surface area contributed by atoms with Gasteiger partial charge in [0, 0.05) is 11.7 Å². The van der Waals surface area contributed by atoms with Gasteiger partial charge in [-0.25, -0.2) is 0 Å². The summed E-state index contributed by atoms with van der Waals surface area (Å²) in [7, 11) is 0. The third-order valence-electron chi connectivity index (χ3n) is 3.01. The molecule has 0 spiro atoms. The Bertz CT molecular complexity index is 495. The highest BCUT2D eigenvalue weighted by Gasteiger charge is 2.34. The maximum Gasteiger partial charge on any atom is 0.323 e. The minimum absolute atomic E-state index is 0.0781. The van der Waals surface area contributed by atoms with Gasteiger partial charge in [0.25, 0.3) is 5.91 Å². The van der Waals surface area contributed by atoms with Crippen molar-refractivity contribution in [3.05, 3.63) is 29.1 Å². The van der Waals surface area contributed by atoms with Crippen LogP contribution in [0.4, 0.5) is 0 Å². The van der Waals surface area contributed by atoms with Gasteiger partial charge in [-0.2, -0.15) is 0 Å². The Kier molecular flexibility index (Phi) is 3.32. The highest BCUT2D eigenvalue weighted by atomic mass is 16.4. The molecule has 0 aliphatic heterocycles. The lowest BCUT2D eigenvalue weighted by atomic mass is 10.1. The molecule has 1 aromatic heterocycles. The van der Waals surface area contributed by atoms with Crippen LogP contribution in [-0.4, -0.2) is 39.5 Å². The molecule has 1 heterocycles. The highest BCUT2D eigenvalue weighted by Crippen LogP contribution is 2.28. The zero-order chi connectivity index (χ0) is 13.3. The van der Waals surface area contributed by atoms with Crippen molar-refractivity contribution in [2.75, 3.05) is 6.54 Å². The first-order valence-electron chi connectivity index (χ1n) is 5.96. The van der Waals surface area contributed by atoms with E-state index in [9.17, 15) is 9.59 Å². The van der Waals surface area contributed by atoms with Gasteiger partial charge in [-0.05, 0) is 38.8 Å². The summed E-state index contributed by atoms with van der Waals surface area (Å²) in [4.78, 5) is 28.8. The number of rotatable bonds is 4. The Hall–Kier alpha value is -1.91. The molecule has 5 heteroatoms. The molecule has 96 valence electrons. The fraction of sp³-hybridized carbons (Fsp3) is 0.462. The topological polar surface area (TPSA) is 70.5 Å². The third-order valence-corrected chi connectivity index (χ3v) is 3.01. The average Bonchev–Trinajstić information content (AvgIpc) is 3.08. The number of carboxylic acids is 1. The van der Waals surface area contributed by atoms with Crippen molar-refractivity contribution in [2.24, 2.45) is 0 Å². The van der Waals surface area contributed by atoms with Crippen LogP contribution in [0, 0.1) is 13.8 Å². The van der Waals surface area contributed by atoms with E-state index in [1.165, 1.54) is 4.90 Å². The van der Waals surface area contributed by atoms with Crippen molar-refractivity contribution in [3.8, 4) is 0 Å². The van der Waals surface area contributed by atoms with E-state index >= 15 is 0 Å². The van der Waals surface area contributed by atoms with Crippen molar-refractivity contribution < 1.29 is 14.7 Å². The molecule has 0 aromatic carbocycles. The number of amides is 1. The molecule has 1 N–H and O–H groups in total. The first kappa shape index (κ1) is 12.5. The van der Waals surface area contributed by atoms with Gasteiger partial charge in [-0.3, -0.25) is 14.6 Å². The van der Waals surface area contributed by atoms with Crippen LogP contribution in [0.15, 0.2) is 12.1 Å². The predicted octanol–water partition coefficient (Wildman–Crippen LogP) is 1.39. The quantitative estimate of drug-likeness (QED) is 0.874. The summed E-state index contributed by atoms with van der Waals surface area (Å²) in [5.41, 5.74) is 1.99. The summed E-state index contributed by atoms with van der Waals surface area (Å²) in [6.45, 7) is 3.39. The summed E-state index contributed by atoms with van der Waals surface area (Å²) in [5, 5.41) is 8.86. The second kappa shape index (κ2) is 4.76. The minimum atomic E-state index is -0.979. The molecule has 1 aliphatic carbocycles. The molecule has 0 bridgehead atoms. The summed E-state index contributed by atoms with van der Waals surface area (Å²) in [6, 6.07) is 3.57. The molecule has 1 saturated carbocycles. The maximum atomic E-state index is 12.3.